The van der Waals surface area contributed by atoms with Gasteiger partial charge in [-0.15, -0.1) is 0 Å². The molecule has 0 radical (unpaired) electrons. The number of aliphatic carboxylic acids is 1. The van der Waals surface area contributed by atoms with Gasteiger partial charge in [0.25, 0.3) is 0 Å². The summed E-state index contributed by atoms with van der Waals surface area (Å²) in [5, 5.41) is 12.7. The van der Waals surface area contributed by atoms with E-state index in [1.165, 1.54) is 5.56 Å². The highest BCUT2D eigenvalue weighted by atomic mass is 16.5. The summed E-state index contributed by atoms with van der Waals surface area (Å²) in [6.45, 7) is 2.78. The van der Waals surface area contributed by atoms with Crippen LogP contribution in [0.15, 0.2) is 48.5 Å². The van der Waals surface area contributed by atoms with E-state index in [1.54, 1.807) is 0 Å². The summed E-state index contributed by atoms with van der Waals surface area (Å²) in [4.78, 5) is 11.0. The monoisotopic (exact) mass is 339 g/mol. The lowest BCUT2D eigenvalue weighted by Gasteiger charge is -2.27. The number of para-hydroxylation sites is 1. The summed E-state index contributed by atoms with van der Waals surface area (Å²) in [5.74, 6) is 0.875. The van der Waals surface area contributed by atoms with Crippen LogP contribution < -0.4 is 10.1 Å². The maximum atomic E-state index is 11.0. The largest absolute Gasteiger partial charge is 0.481 e. The van der Waals surface area contributed by atoms with Crippen molar-refractivity contribution in [3.63, 3.8) is 0 Å². The predicted molar refractivity (Wildman–Crippen MR) is 97.9 cm³/mol. The van der Waals surface area contributed by atoms with Crippen molar-refractivity contribution in [3.05, 3.63) is 59.7 Å². The number of ether oxygens (including phenoxy) is 1. The van der Waals surface area contributed by atoms with Crippen LogP contribution in [0.25, 0.3) is 0 Å². The highest BCUT2D eigenvalue weighted by Crippen LogP contribution is 2.28. The molecule has 1 fully saturated rings. The number of carbonyl (C=O) groups is 1. The molecule has 25 heavy (non-hydrogen) atoms. The minimum absolute atomic E-state index is 0.171. The minimum Gasteiger partial charge on any atom is -0.481 e. The van der Waals surface area contributed by atoms with E-state index in [9.17, 15) is 4.79 Å². The third-order valence-corrected chi connectivity index (χ3v) is 4.85. The number of nitrogens with one attached hydrogen (secondary N) is 1. The van der Waals surface area contributed by atoms with Crippen molar-refractivity contribution >= 4 is 5.97 Å². The van der Waals surface area contributed by atoms with Crippen LogP contribution >= 0.6 is 0 Å². The fourth-order valence-corrected chi connectivity index (χ4v) is 3.35. The molecular weight excluding hydrogens is 314 g/mol. The molecule has 0 amide bonds. The van der Waals surface area contributed by atoms with Crippen LogP contribution in [0, 0.1) is 12.8 Å². The second-order valence-electron chi connectivity index (χ2n) is 6.79. The molecule has 3 rings (SSSR count). The third kappa shape index (κ3) is 4.83. The molecular formula is C21H25NO3. The van der Waals surface area contributed by atoms with Gasteiger partial charge in [0, 0.05) is 18.2 Å². The molecule has 0 spiro atoms. The van der Waals surface area contributed by atoms with Crippen molar-refractivity contribution in [1.82, 2.24) is 5.32 Å². The maximum Gasteiger partial charge on any atom is 0.306 e. The van der Waals surface area contributed by atoms with Crippen LogP contribution in [-0.4, -0.2) is 17.1 Å². The second kappa shape index (κ2) is 8.17. The topological polar surface area (TPSA) is 58.6 Å². The molecule has 1 aliphatic carbocycles. The molecule has 1 saturated carbocycles. The standard InChI is InChI=1S/C21H25NO3/c1-15-5-4-7-19(13-15)25-20-8-3-2-6-17(20)14-22-18-11-9-16(10-12-18)21(23)24/h2-8,13,16,18,22H,9-12,14H2,1H3,(H,23,24). The van der Waals surface area contributed by atoms with Crippen molar-refractivity contribution in [3.8, 4) is 11.5 Å². The Morgan fingerprint density at radius 2 is 1.88 bits per heavy atom. The van der Waals surface area contributed by atoms with Gasteiger partial charge in [0.15, 0.2) is 0 Å². The summed E-state index contributed by atoms with van der Waals surface area (Å²) in [6.07, 6.45) is 3.35. The van der Waals surface area contributed by atoms with Crippen LogP contribution in [-0.2, 0) is 11.3 Å². The van der Waals surface area contributed by atoms with Crippen molar-refractivity contribution in [2.75, 3.05) is 0 Å². The predicted octanol–water partition coefficient (Wildman–Crippen LogP) is 4.52. The van der Waals surface area contributed by atoms with Gasteiger partial charge >= 0.3 is 5.97 Å². The zero-order valence-electron chi connectivity index (χ0n) is 14.6. The Bertz CT molecular complexity index is 721. The quantitative estimate of drug-likeness (QED) is 0.812. The minimum atomic E-state index is -0.657. The van der Waals surface area contributed by atoms with Gasteiger partial charge in [-0.1, -0.05) is 30.3 Å². The second-order valence-corrected chi connectivity index (χ2v) is 6.79. The van der Waals surface area contributed by atoms with Gasteiger partial charge in [0.05, 0.1) is 5.92 Å². The van der Waals surface area contributed by atoms with Gasteiger partial charge in [0.1, 0.15) is 11.5 Å². The molecule has 4 nitrogen and oxygen atoms in total. The molecule has 0 aromatic heterocycles. The average Bonchev–Trinajstić information content (AvgIpc) is 2.61. The van der Waals surface area contributed by atoms with Crippen molar-refractivity contribution < 1.29 is 14.6 Å². The van der Waals surface area contributed by atoms with Crippen molar-refractivity contribution in [1.29, 1.82) is 0 Å². The summed E-state index contributed by atoms with van der Waals surface area (Å²) in [6, 6.07) is 16.5. The van der Waals surface area contributed by atoms with Gasteiger partial charge in [-0.3, -0.25) is 4.79 Å². The Kier molecular flexibility index (Phi) is 5.71. The number of carboxylic acids is 1. The van der Waals surface area contributed by atoms with E-state index in [0.29, 0.717) is 6.04 Å². The Labute approximate surface area is 148 Å². The number of rotatable bonds is 6. The molecule has 0 saturated heterocycles. The first-order chi connectivity index (χ1) is 12.1. The fraction of sp³-hybridized carbons (Fsp3) is 0.381. The van der Waals surface area contributed by atoms with Gasteiger partial charge in [0.2, 0.25) is 0 Å². The average molecular weight is 339 g/mol. The number of aryl methyl sites for hydroxylation is 1. The lowest BCUT2D eigenvalue weighted by Crippen LogP contribution is -2.34. The van der Waals surface area contributed by atoms with Crippen LogP contribution in [0.2, 0.25) is 0 Å². The Morgan fingerprint density at radius 1 is 1.12 bits per heavy atom. The number of benzene rings is 2. The van der Waals surface area contributed by atoms with Gasteiger partial charge in [-0.25, -0.2) is 0 Å². The number of hydrogen-bond acceptors (Lipinski definition) is 3. The Balaban J connectivity index is 1.59. The van der Waals surface area contributed by atoms with E-state index in [-0.39, 0.29) is 5.92 Å². The molecule has 4 heteroatoms. The zero-order chi connectivity index (χ0) is 17.6. The number of hydrogen-bond donors (Lipinski definition) is 2. The molecule has 1 aliphatic rings. The van der Waals surface area contributed by atoms with Gasteiger partial charge in [-0.2, -0.15) is 0 Å². The van der Waals surface area contributed by atoms with E-state index >= 15 is 0 Å². The van der Waals surface area contributed by atoms with Crippen molar-refractivity contribution in [2.24, 2.45) is 5.92 Å². The van der Waals surface area contributed by atoms with Gasteiger partial charge < -0.3 is 15.2 Å². The molecule has 0 bridgehead atoms. The molecule has 2 aromatic rings. The van der Waals surface area contributed by atoms with Crippen LogP contribution in [0.3, 0.4) is 0 Å². The molecule has 0 atom stereocenters. The SMILES string of the molecule is Cc1cccc(Oc2ccccc2CNC2CCC(C(=O)O)CC2)c1. The van der Waals surface area contributed by atoms with E-state index in [1.807, 2.05) is 49.4 Å². The lowest BCUT2D eigenvalue weighted by molar-refractivity contribution is -0.142. The van der Waals surface area contributed by atoms with Crippen LogP contribution in [0.4, 0.5) is 0 Å². The molecule has 132 valence electrons. The third-order valence-electron chi connectivity index (χ3n) is 4.85. The van der Waals surface area contributed by atoms with E-state index in [2.05, 4.69) is 11.4 Å². The summed E-state index contributed by atoms with van der Waals surface area (Å²) in [7, 11) is 0. The summed E-state index contributed by atoms with van der Waals surface area (Å²) in [5.41, 5.74) is 2.28. The van der Waals surface area contributed by atoms with E-state index in [0.717, 1.165) is 49.3 Å². The summed E-state index contributed by atoms with van der Waals surface area (Å²) < 4.78 is 6.06. The zero-order valence-corrected chi connectivity index (χ0v) is 14.6. The van der Waals surface area contributed by atoms with E-state index < -0.39 is 5.97 Å². The first kappa shape index (κ1) is 17.5. The highest BCUT2D eigenvalue weighted by Gasteiger charge is 2.25. The first-order valence-electron chi connectivity index (χ1n) is 8.90. The summed E-state index contributed by atoms with van der Waals surface area (Å²) >= 11 is 0. The smallest absolute Gasteiger partial charge is 0.306 e. The molecule has 2 aromatic carbocycles. The fourth-order valence-electron chi connectivity index (χ4n) is 3.35. The molecule has 0 aliphatic heterocycles. The van der Waals surface area contributed by atoms with Crippen LogP contribution in [0.5, 0.6) is 11.5 Å². The maximum absolute atomic E-state index is 11.0. The van der Waals surface area contributed by atoms with Crippen LogP contribution in [0.1, 0.15) is 36.8 Å². The normalized spacial score (nSPS) is 20.2. The first-order valence-corrected chi connectivity index (χ1v) is 8.90. The molecule has 0 heterocycles. The molecule has 0 unspecified atom stereocenters. The number of carboxylic acid groups (broad SMARTS) is 1. The highest BCUT2D eigenvalue weighted by molar-refractivity contribution is 5.70. The van der Waals surface area contributed by atoms with Gasteiger partial charge in [-0.05, 0) is 56.4 Å². The van der Waals surface area contributed by atoms with E-state index in [4.69, 9.17) is 9.84 Å². The lowest BCUT2D eigenvalue weighted by atomic mass is 9.86. The Hall–Kier alpha value is -2.33. The Morgan fingerprint density at radius 3 is 2.60 bits per heavy atom. The molecule has 2 N–H and O–H groups in total. The van der Waals surface area contributed by atoms with Crippen molar-refractivity contribution in [2.45, 2.75) is 45.2 Å².